The van der Waals surface area contributed by atoms with Crippen molar-refractivity contribution < 1.29 is 4.74 Å². The number of rotatable bonds is 3. The Kier molecular flexibility index (Phi) is 4.05. The van der Waals surface area contributed by atoms with Crippen LogP contribution in [-0.4, -0.2) is 6.10 Å². The third-order valence-corrected chi connectivity index (χ3v) is 3.98. The van der Waals surface area contributed by atoms with Crippen molar-refractivity contribution in [2.45, 2.75) is 20.0 Å². The van der Waals surface area contributed by atoms with Gasteiger partial charge in [0.05, 0.1) is 15.5 Å². The minimum Gasteiger partial charge on any atom is -0.489 e. The predicted molar refractivity (Wildman–Crippen MR) is 77.9 cm³/mol. The Bertz CT molecular complexity index is 598. The highest BCUT2D eigenvalue weighted by atomic mass is 79.9. The maximum atomic E-state index is 9.17. The molecule has 0 bridgehead atoms. The summed E-state index contributed by atoms with van der Waals surface area (Å²) in [5, 5.41) is 9.17. The summed E-state index contributed by atoms with van der Waals surface area (Å²) in [5.41, 5.74) is 1.55. The van der Waals surface area contributed by atoms with E-state index >= 15 is 0 Å². The van der Waals surface area contributed by atoms with Crippen LogP contribution in [0, 0.1) is 11.3 Å². The number of benzene rings is 1. The normalized spacial score (nSPS) is 10.4. The van der Waals surface area contributed by atoms with Crippen LogP contribution in [0.25, 0.3) is 10.4 Å². The Balaban J connectivity index is 2.56. The van der Waals surface area contributed by atoms with Crippen LogP contribution in [0.3, 0.4) is 0 Å². The molecule has 1 aromatic carbocycles. The molecule has 0 saturated carbocycles. The number of nitriles is 1. The molecule has 0 aliphatic carbocycles. The van der Waals surface area contributed by atoms with Crippen molar-refractivity contribution >= 4 is 27.3 Å². The molecule has 0 aliphatic heterocycles. The van der Waals surface area contributed by atoms with Crippen LogP contribution in [0.4, 0.5) is 0 Å². The fourth-order valence-corrected chi connectivity index (χ4v) is 3.05. The molecule has 4 heteroatoms. The lowest BCUT2D eigenvalue weighted by molar-refractivity contribution is 0.243. The predicted octanol–water partition coefficient (Wildman–Crippen LogP) is 4.84. The van der Waals surface area contributed by atoms with Gasteiger partial charge in [-0.15, -0.1) is 11.3 Å². The zero-order valence-electron chi connectivity index (χ0n) is 10.1. The Morgan fingerprint density at radius 2 is 2.06 bits per heavy atom. The second kappa shape index (κ2) is 5.55. The summed E-state index contributed by atoms with van der Waals surface area (Å²) < 4.78 is 6.87. The van der Waals surface area contributed by atoms with Gasteiger partial charge < -0.3 is 4.74 Å². The molecule has 0 fully saturated rings. The van der Waals surface area contributed by atoms with Gasteiger partial charge in [0.25, 0.3) is 0 Å². The quantitative estimate of drug-likeness (QED) is 0.810. The topological polar surface area (TPSA) is 33.0 Å². The van der Waals surface area contributed by atoms with Gasteiger partial charge in [-0.05, 0) is 54.0 Å². The number of nitrogens with zero attached hydrogens (tertiary/aromatic N) is 1. The molecular formula is C14H12BrNOS. The number of thiophene rings is 1. The van der Waals surface area contributed by atoms with E-state index < -0.39 is 0 Å². The van der Waals surface area contributed by atoms with E-state index in [9.17, 15) is 5.26 Å². The van der Waals surface area contributed by atoms with Gasteiger partial charge in [0.2, 0.25) is 0 Å². The summed E-state index contributed by atoms with van der Waals surface area (Å²) in [6.07, 6.45) is 0.0432. The van der Waals surface area contributed by atoms with Crippen molar-refractivity contribution in [3.8, 4) is 22.3 Å². The zero-order chi connectivity index (χ0) is 13.1. The first kappa shape index (κ1) is 13.1. The molecular weight excluding hydrogens is 310 g/mol. The van der Waals surface area contributed by atoms with E-state index in [1.807, 2.05) is 38.1 Å². The lowest BCUT2D eigenvalue weighted by Crippen LogP contribution is -2.07. The first-order valence-electron chi connectivity index (χ1n) is 5.57. The molecule has 0 N–H and O–H groups in total. The van der Waals surface area contributed by atoms with Crippen LogP contribution in [0.15, 0.2) is 34.1 Å². The summed E-state index contributed by atoms with van der Waals surface area (Å²) in [4.78, 5) is 1.09. The maximum absolute atomic E-state index is 9.17. The standard InChI is InChI=1S/C14H12BrNOS/c1-9(2)17-14-10(8-16)4-3-5-11(14)12-6-7-13(15)18-12/h3-7,9H,1-2H3. The van der Waals surface area contributed by atoms with E-state index in [2.05, 4.69) is 22.0 Å². The molecule has 0 amide bonds. The number of hydrogen-bond donors (Lipinski definition) is 0. The highest BCUT2D eigenvalue weighted by molar-refractivity contribution is 9.11. The van der Waals surface area contributed by atoms with Crippen LogP contribution in [0.2, 0.25) is 0 Å². The van der Waals surface area contributed by atoms with E-state index in [1.54, 1.807) is 17.4 Å². The molecule has 18 heavy (non-hydrogen) atoms. The number of ether oxygens (including phenoxy) is 1. The third kappa shape index (κ3) is 2.74. The number of hydrogen-bond acceptors (Lipinski definition) is 3. The van der Waals surface area contributed by atoms with Crippen LogP contribution in [-0.2, 0) is 0 Å². The average molecular weight is 322 g/mol. The first-order chi connectivity index (χ1) is 8.61. The monoisotopic (exact) mass is 321 g/mol. The maximum Gasteiger partial charge on any atom is 0.146 e. The van der Waals surface area contributed by atoms with Crippen molar-refractivity contribution in [1.29, 1.82) is 5.26 Å². The minimum absolute atomic E-state index is 0.0432. The van der Waals surface area contributed by atoms with Crippen LogP contribution < -0.4 is 4.74 Å². The van der Waals surface area contributed by atoms with E-state index in [-0.39, 0.29) is 6.10 Å². The second-order valence-corrected chi connectivity index (χ2v) is 6.53. The van der Waals surface area contributed by atoms with Crippen LogP contribution >= 0.6 is 27.3 Å². The van der Waals surface area contributed by atoms with Crippen molar-refractivity contribution in [1.82, 2.24) is 0 Å². The highest BCUT2D eigenvalue weighted by Crippen LogP contribution is 2.38. The van der Waals surface area contributed by atoms with Crippen LogP contribution in [0.1, 0.15) is 19.4 Å². The smallest absolute Gasteiger partial charge is 0.146 e. The van der Waals surface area contributed by atoms with E-state index in [0.717, 1.165) is 14.2 Å². The molecule has 0 saturated heterocycles. The molecule has 0 atom stereocenters. The van der Waals surface area contributed by atoms with Crippen molar-refractivity contribution in [2.24, 2.45) is 0 Å². The van der Waals surface area contributed by atoms with Gasteiger partial charge in [-0.3, -0.25) is 0 Å². The molecule has 2 nitrogen and oxygen atoms in total. The molecule has 0 unspecified atom stereocenters. The summed E-state index contributed by atoms with van der Waals surface area (Å²) in [7, 11) is 0. The zero-order valence-corrected chi connectivity index (χ0v) is 12.5. The van der Waals surface area contributed by atoms with Gasteiger partial charge in [0.15, 0.2) is 0 Å². The molecule has 1 aromatic heterocycles. The van der Waals surface area contributed by atoms with Gasteiger partial charge in [0, 0.05) is 10.4 Å². The summed E-state index contributed by atoms with van der Waals surface area (Å²) in [5.74, 6) is 0.671. The summed E-state index contributed by atoms with van der Waals surface area (Å²) in [6.45, 7) is 3.92. The molecule has 0 radical (unpaired) electrons. The van der Waals surface area contributed by atoms with E-state index in [1.165, 1.54) is 0 Å². The Hall–Kier alpha value is -1.31. The lowest BCUT2D eigenvalue weighted by Gasteiger charge is -2.14. The first-order valence-corrected chi connectivity index (χ1v) is 7.18. The lowest BCUT2D eigenvalue weighted by atomic mass is 10.1. The molecule has 2 aromatic rings. The number of para-hydroxylation sites is 1. The van der Waals surface area contributed by atoms with E-state index in [0.29, 0.717) is 11.3 Å². The molecule has 1 heterocycles. The van der Waals surface area contributed by atoms with Crippen molar-refractivity contribution in [2.75, 3.05) is 0 Å². The van der Waals surface area contributed by atoms with Gasteiger partial charge >= 0.3 is 0 Å². The summed E-state index contributed by atoms with van der Waals surface area (Å²) in [6, 6.07) is 11.9. The fourth-order valence-electron chi connectivity index (χ4n) is 1.64. The Morgan fingerprint density at radius 1 is 1.28 bits per heavy atom. The SMILES string of the molecule is CC(C)Oc1c(C#N)cccc1-c1ccc(Br)s1. The van der Waals surface area contributed by atoms with Gasteiger partial charge in [-0.1, -0.05) is 6.07 Å². The highest BCUT2D eigenvalue weighted by Gasteiger charge is 2.14. The van der Waals surface area contributed by atoms with Crippen molar-refractivity contribution in [3.63, 3.8) is 0 Å². The Morgan fingerprint density at radius 3 is 2.61 bits per heavy atom. The van der Waals surface area contributed by atoms with E-state index in [4.69, 9.17) is 4.74 Å². The minimum atomic E-state index is 0.0432. The second-order valence-electron chi connectivity index (χ2n) is 4.06. The third-order valence-electron chi connectivity index (χ3n) is 2.33. The van der Waals surface area contributed by atoms with Gasteiger partial charge in [-0.2, -0.15) is 5.26 Å². The largest absolute Gasteiger partial charge is 0.489 e. The number of halogens is 1. The van der Waals surface area contributed by atoms with Gasteiger partial charge in [-0.25, -0.2) is 0 Å². The fraction of sp³-hybridized carbons (Fsp3) is 0.214. The molecule has 0 aliphatic rings. The molecule has 2 rings (SSSR count). The molecule has 0 spiro atoms. The van der Waals surface area contributed by atoms with Gasteiger partial charge in [0.1, 0.15) is 11.8 Å². The summed E-state index contributed by atoms with van der Waals surface area (Å²) >= 11 is 5.08. The van der Waals surface area contributed by atoms with Crippen LogP contribution in [0.5, 0.6) is 5.75 Å². The molecule has 92 valence electrons. The van der Waals surface area contributed by atoms with Crippen molar-refractivity contribution in [3.05, 3.63) is 39.7 Å². The Labute approximate surface area is 119 Å². The average Bonchev–Trinajstić information content (AvgIpc) is 2.75.